The van der Waals surface area contributed by atoms with Gasteiger partial charge < -0.3 is 9.52 Å². The summed E-state index contributed by atoms with van der Waals surface area (Å²) in [6, 6.07) is 6.57. The van der Waals surface area contributed by atoms with Crippen molar-refractivity contribution in [1.82, 2.24) is 0 Å². The molecule has 3 heteroatoms. The van der Waals surface area contributed by atoms with E-state index in [1.807, 2.05) is 0 Å². The number of para-hydroxylation sites is 1. The molecule has 0 radical (unpaired) electrons. The van der Waals surface area contributed by atoms with Gasteiger partial charge in [0.15, 0.2) is 11.4 Å². The van der Waals surface area contributed by atoms with Crippen molar-refractivity contribution in [3.05, 3.63) is 47.5 Å². The van der Waals surface area contributed by atoms with Gasteiger partial charge in [-0.2, -0.15) is 0 Å². The summed E-state index contributed by atoms with van der Waals surface area (Å²) in [5.41, 5.74) is 1.53. The van der Waals surface area contributed by atoms with E-state index in [1.165, 1.54) is 11.6 Å². The van der Waals surface area contributed by atoms with Crippen LogP contribution in [0.3, 0.4) is 0 Å². The molecule has 3 unspecified atom stereocenters. The molecule has 2 aromatic rings. The number of hydrogen-bond donors (Lipinski definition) is 1. The molecule has 1 heterocycles. The normalized spacial score (nSPS) is 24.7. The van der Waals surface area contributed by atoms with E-state index in [1.54, 1.807) is 18.2 Å². The Balaban J connectivity index is 1.91. The standard InChI is InChI=1S/C17H19FO2/c1-10-6-11(2)8-13(7-10)16(19)15-9-12-4-3-5-14(18)17(12)20-15/h3-6,9-10,13,16,19H,7-8H2,1-2H3. The third-order valence-electron chi connectivity index (χ3n) is 4.08. The van der Waals surface area contributed by atoms with E-state index in [0.29, 0.717) is 17.1 Å². The number of fused-ring (bicyclic) bond motifs is 1. The zero-order valence-corrected chi connectivity index (χ0v) is 11.8. The molecule has 1 aliphatic carbocycles. The van der Waals surface area contributed by atoms with Crippen LogP contribution in [0.2, 0.25) is 0 Å². The molecule has 0 spiro atoms. The monoisotopic (exact) mass is 274 g/mol. The van der Waals surface area contributed by atoms with E-state index >= 15 is 0 Å². The number of allylic oxidation sites excluding steroid dienone is 2. The van der Waals surface area contributed by atoms with Crippen molar-refractivity contribution in [2.45, 2.75) is 32.8 Å². The zero-order chi connectivity index (χ0) is 14.3. The van der Waals surface area contributed by atoms with Gasteiger partial charge in [-0.05, 0) is 43.7 Å². The zero-order valence-electron chi connectivity index (χ0n) is 11.8. The van der Waals surface area contributed by atoms with Gasteiger partial charge in [0.2, 0.25) is 0 Å². The van der Waals surface area contributed by atoms with Crippen LogP contribution >= 0.6 is 0 Å². The predicted molar refractivity (Wildman–Crippen MR) is 76.8 cm³/mol. The van der Waals surface area contributed by atoms with Crippen molar-refractivity contribution >= 4 is 11.0 Å². The van der Waals surface area contributed by atoms with Gasteiger partial charge in [0.25, 0.3) is 0 Å². The van der Waals surface area contributed by atoms with Gasteiger partial charge in [0.1, 0.15) is 11.9 Å². The Morgan fingerprint density at radius 1 is 1.40 bits per heavy atom. The quantitative estimate of drug-likeness (QED) is 0.812. The maximum absolute atomic E-state index is 13.6. The molecule has 0 bridgehead atoms. The van der Waals surface area contributed by atoms with Crippen molar-refractivity contribution in [2.75, 3.05) is 0 Å². The van der Waals surface area contributed by atoms with E-state index in [4.69, 9.17) is 4.42 Å². The molecule has 2 nitrogen and oxygen atoms in total. The Bertz CT molecular complexity index is 656. The molecule has 1 aromatic carbocycles. The summed E-state index contributed by atoms with van der Waals surface area (Å²) in [5.74, 6) is 0.689. The van der Waals surface area contributed by atoms with Crippen molar-refractivity contribution in [2.24, 2.45) is 11.8 Å². The molecule has 20 heavy (non-hydrogen) atoms. The first-order valence-corrected chi connectivity index (χ1v) is 7.08. The van der Waals surface area contributed by atoms with Crippen molar-refractivity contribution in [3.8, 4) is 0 Å². The highest BCUT2D eigenvalue weighted by Gasteiger charge is 2.28. The number of benzene rings is 1. The minimum atomic E-state index is -0.673. The first-order chi connectivity index (χ1) is 9.54. The van der Waals surface area contributed by atoms with Gasteiger partial charge in [-0.15, -0.1) is 0 Å². The van der Waals surface area contributed by atoms with Crippen LogP contribution in [-0.2, 0) is 0 Å². The minimum Gasteiger partial charge on any atom is -0.455 e. The first kappa shape index (κ1) is 13.4. The average Bonchev–Trinajstić information content (AvgIpc) is 2.82. The molecule has 1 aromatic heterocycles. The minimum absolute atomic E-state index is 0.138. The topological polar surface area (TPSA) is 33.4 Å². The summed E-state index contributed by atoms with van der Waals surface area (Å²) >= 11 is 0. The molecule has 3 atom stereocenters. The smallest absolute Gasteiger partial charge is 0.170 e. The highest BCUT2D eigenvalue weighted by Crippen LogP contribution is 2.38. The number of furan rings is 1. The molecular weight excluding hydrogens is 255 g/mol. The predicted octanol–water partition coefficient (Wildman–Crippen LogP) is 4.60. The first-order valence-electron chi connectivity index (χ1n) is 7.08. The Kier molecular flexibility index (Phi) is 3.38. The van der Waals surface area contributed by atoms with Crippen LogP contribution in [0.25, 0.3) is 11.0 Å². The molecular formula is C17H19FO2. The maximum atomic E-state index is 13.6. The maximum Gasteiger partial charge on any atom is 0.170 e. The van der Waals surface area contributed by atoms with Gasteiger partial charge in [-0.1, -0.05) is 30.7 Å². The van der Waals surface area contributed by atoms with Crippen LogP contribution in [0.1, 0.15) is 38.6 Å². The SMILES string of the molecule is CC1=CC(C)CC(C(O)c2cc3cccc(F)c3o2)C1. The molecule has 1 aliphatic rings. The van der Waals surface area contributed by atoms with Crippen molar-refractivity contribution in [1.29, 1.82) is 0 Å². The van der Waals surface area contributed by atoms with Gasteiger partial charge in [-0.3, -0.25) is 0 Å². The second kappa shape index (κ2) is 5.06. The molecule has 106 valence electrons. The van der Waals surface area contributed by atoms with Gasteiger partial charge in [0, 0.05) is 5.39 Å². The summed E-state index contributed by atoms with van der Waals surface area (Å²) in [7, 11) is 0. The molecule has 0 amide bonds. The van der Waals surface area contributed by atoms with Crippen LogP contribution in [-0.4, -0.2) is 5.11 Å². The van der Waals surface area contributed by atoms with E-state index in [9.17, 15) is 9.50 Å². The van der Waals surface area contributed by atoms with Gasteiger partial charge in [0.05, 0.1) is 0 Å². The number of rotatable bonds is 2. The average molecular weight is 274 g/mol. The lowest BCUT2D eigenvalue weighted by molar-refractivity contribution is 0.0741. The highest BCUT2D eigenvalue weighted by molar-refractivity contribution is 5.78. The van der Waals surface area contributed by atoms with E-state index in [2.05, 4.69) is 19.9 Å². The lowest BCUT2D eigenvalue weighted by Crippen LogP contribution is -2.18. The lowest BCUT2D eigenvalue weighted by Gasteiger charge is -2.28. The fourth-order valence-electron chi connectivity index (χ4n) is 3.26. The molecule has 3 rings (SSSR count). The van der Waals surface area contributed by atoms with Crippen LogP contribution in [0.5, 0.6) is 0 Å². The van der Waals surface area contributed by atoms with Crippen molar-refractivity contribution in [3.63, 3.8) is 0 Å². The Labute approximate surface area is 117 Å². The summed E-state index contributed by atoms with van der Waals surface area (Å²) in [4.78, 5) is 0. The molecule has 0 aliphatic heterocycles. The van der Waals surface area contributed by atoms with E-state index in [-0.39, 0.29) is 17.3 Å². The Morgan fingerprint density at radius 3 is 2.90 bits per heavy atom. The van der Waals surface area contributed by atoms with Crippen LogP contribution in [0.15, 0.2) is 40.3 Å². The molecule has 0 fully saturated rings. The summed E-state index contributed by atoms with van der Waals surface area (Å²) in [6.07, 6.45) is 3.37. The van der Waals surface area contributed by atoms with E-state index < -0.39 is 6.10 Å². The molecule has 0 saturated carbocycles. The van der Waals surface area contributed by atoms with Crippen molar-refractivity contribution < 1.29 is 13.9 Å². The number of hydrogen-bond acceptors (Lipinski definition) is 2. The largest absolute Gasteiger partial charge is 0.455 e. The fourth-order valence-corrected chi connectivity index (χ4v) is 3.26. The number of aliphatic hydroxyl groups is 1. The third kappa shape index (κ3) is 2.38. The lowest BCUT2D eigenvalue weighted by atomic mass is 9.80. The Hall–Kier alpha value is -1.61. The van der Waals surface area contributed by atoms with Crippen LogP contribution in [0, 0.1) is 17.7 Å². The Morgan fingerprint density at radius 2 is 2.20 bits per heavy atom. The molecule has 1 N–H and O–H groups in total. The summed E-state index contributed by atoms with van der Waals surface area (Å²) in [5, 5.41) is 11.2. The van der Waals surface area contributed by atoms with Gasteiger partial charge >= 0.3 is 0 Å². The van der Waals surface area contributed by atoms with Crippen LogP contribution < -0.4 is 0 Å². The van der Waals surface area contributed by atoms with E-state index in [0.717, 1.165) is 12.8 Å². The summed E-state index contributed by atoms with van der Waals surface area (Å²) < 4.78 is 19.2. The van der Waals surface area contributed by atoms with Gasteiger partial charge in [-0.25, -0.2) is 4.39 Å². The van der Waals surface area contributed by atoms with Crippen LogP contribution in [0.4, 0.5) is 4.39 Å². The fraction of sp³-hybridized carbons (Fsp3) is 0.412. The molecule has 0 saturated heterocycles. The number of aliphatic hydroxyl groups excluding tert-OH is 1. The second-order valence-electron chi connectivity index (χ2n) is 5.94. The third-order valence-corrected chi connectivity index (χ3v) is 4.08. The highest BCUT2D eigenvalue weighted by atomic mass is 19.1. The number of halogens is 1. The summed E-state index contributed by atoms with van der Waals surface area (Å²) in [6.45, 7) is 4.24. The second-order valence-corrected chi connectivity index (χ2v) is 5.94.